The SMILES string of the molecule is CC(C)(C)[Si](C)(C)C#C/C=C(\C(O)c1ccccc1)S(=O)(=O)c1ccccc1. The molecule has 0 amide bonds. The molecule has 0 aliphatic carbocycles. The number of sulfone groups is 1. The largest absolute Gasteiger partial charge is 0.383 e. The normalized spacial score (nSPS) is 14.1. The van der Waals surface area contributed by atoms with Gasteiger partial charge in [0.1, 0.15) is 14.2 Å². The van der Waals surface area contributed by atoms with Crippen molar-refractivity contribution < 1.29 is 13.5 Å². The van der Waals surface area contributed by atoms with E-state index in [1.807, 2.05) is 6.07 Å². The fraction of sp³-hybridized carbons (Fsp3) is 0.304. The summed E-state index contributed by atoms with van der Waals surface area (Å²) < 4.78 is 26.4. The van der Waals surface area contributed by atoms with Crippen molar-refractivity contribution in [2.75, 3.05) is 0 Å². The number of benzene rings is 2. The molecule has 28 heavy (non-hydrogen) atoms. The lowest BCUT2D eigenvalue weighted by molar-refractivity contribution is 0.223. The Kier molecular flexibility index (Phi) is 6.71. The fourth-order valence-corrected chi connectivity index (χ4v) is 4.55. The van der Waals surface area contributed by atoms with Crippen LogP contribution in [0.5, 0.6) is 0 Å². The minimum atomic E-state index is -3.88. The van der Waals surface area contributed by atoms with Crippen LogP contribution in [0.3, 0.4) is 0 Å². The summed E-state index contributed by atoms with van der Waals surface area (Å²) in [4.78, 5) is 0.0430. The Labute approximate surface area is 170 Å². The maximum atomic E-state index is 13.2. The van der Waals surface area contributed by atoms with Crippen LogP contribution in [0.25, 0.3) is 0 Å². The van der Waals surface area contributed by atoms with Gasteiger partial charge >= 0.3 is 0 Å². The number of rotatable bonds is 4. The highest BCUT2D eigenvalue weighted by Crippen LogP contribution is 2.35. The van der Waals surface area contributed by atoms with Crippen LogP contribution in [-0.2, 0) is 9.84 Å². The molecule has 0 fully saturated rings. The summed E-state index contributed by atoms with van der Waals surface area (Å²) in [6, 6.07) is 16.9. The minimum absolute atomic E-state index is 0.0599. The van der Waals surface area contributed by atoms with Crippen molar-refractivity contribution >= 4 is 17.9 Å². The molecule has 1 atom stereocenters. The molecule has 1 unspecified atom stereocenters. The highest BCUT2D eigenvalue weighted by Gasteiger charge is 2.34. The van der Waals surface area contributed by atoms with Crippen LogP contribution in [-0.4, -0.2) is 21.6 Å². The van der Waals surface area contributed by atoms with E-state index in [1.54, 1.807) is 42.5 Å². The van der Waals surface area contributed by atoms with Crippen molar-refractivity contribution in [3.05, 3.63) is 77.2 Å². The van der Waals surface area contributed by atoms with Crippen LogP contribution >= 0.6 is 0 Å². The van der Waals surface area contributed by atoms with Gasteiger partial charge in [-0.3, -0.25) is 0 Å². The quantitative estimate of drug-likeness (QED) is 0.559. The Morgan fingerprint density at radius 3 is 2.00 bits per heavy atom. The van der Waals surface area contributed by atoms with Gasteiger partial charge in [-0.15, -0.1) is 5.54 Å². The first-order chi connectivity index (χ1) is 13.0. The first-order valence-corrected chi connectivity index (χ1v) is 13.7. The van der Waals surface area contributed by atoms with E-state index in [0.717, 1.165) is 0 Å². The second-order valence-corrected chi connectivity index (χ2v) is 15.3. The second-order valence-electron chi connectivity index (χ2n) is 8.32. The molecule has 2 aromatic carbocycles. The predicted molar refractivity (Wildman–Crippen MR) is 118 cm³/mol. The minimum Gasteiger partial charge on any atom is -0.383 e. The summed E-state index contributed by atoms with van der Waals surface area (Å²) in [7, 11) is -5.78. The summed E-state index contributed by atoms with van der Waals surface area (Å²) in [5, 5.41) is 10.9. The van der Waals surface area contributed by atoms with Crippen molar-refractivity contribution in [1.29, 1.82) is 0 Å². The van der Waals surface area contributed by atoms with Gasteiger partial charge in [0.25, 0.3) is 0 Å². The number of hydrogen-bond donors (Lipinski definition) is 1. The van der Waals surface area contributed by atoms with Gasteiger partial charge in [0, 0.05) is 6.08 Å². The first kappa shape index (κ1) is 22.2. The van der Waals surface area contributed by atoms with E-state index in [2.05, 4.69) is 45.3 Å². The van der Waals surface area contributed by atoms with Crippen LogP contribution in [0.4, 0.5) is 0 Å². The molecule has 0 heterocycles. The molecule has 1 N–H and O–H groups in total. The first-order valence-electron chi connectivity index (χ1n) is 9.23. The second kappa shape index (κ2) is 8.48. The van der Waals surface area contributed by atoms with E-state index in [9.17, 15) is 13.5 Å². The van der Waals surface area contributed by atoms with Crippen LogP contribution < -0.4 is 0 Å². The van der Waals surface area contributed by atoms with Crippen molar-refractivity contribution in [3.8, 4) is 11.5 Å². The van der Waals surface area contributed by atoms with Crippen molar-refractivity contribution in [2.45, 2.75) is 49.9 Å². The van der Waals surface area contributed by atoms with Crippen LogP contribution in [0.1, 0.15) is 32.4 Å². The molecule has 2 rings (SSSR count). The molecule has 3 nitrogen and oxygen atoms in total. The number of aliphatic hydroxyl groups is 1. The van der Waals surface area contributed by atoms with Crippen molar-refractivity contribution in [2.24, 2.45) is 0 Å². The van der Waals surface area contributed by atoms with Gasteiger partial charge in [0.2, 0.25) is 9.84 Å². The molecular weight excluding hydrogens is 384 g/mol. The number of hydrogen-bond acceptors (Lipinski definition) is 3. The fourth-order valence-electron chi connectivity index (χ4n) is 2.31. The van der Waals surface area contributed by atoms with E-state index in [0.29, 0.717) is 5.56 Å². The lowest BCUT2D eigenvalue weighted by Crippen LogP contribution is -2.35. The molecule has 5 heteroatoms. The Morgan fingerprint density at radius 1 is 1.00 bits per heavy atom. The maximum absolute atomic E-state index is 13.2. The zero-order chi connectivity index (χ0) is 21.0. The van der Waals surface area contributed by atoms with Crippen LogP contribution in [0.15, 0.2) is 76.5 Å². The standard InChI is InChI=1S/C23H28O3SSi/c1-23(2,3)28(4,5)18-12-17-21(22(24)19-13-8-6-9-14-19)27(25,26)20-15-10-7-11-16-20/h6-11,13-17,22,24H,1-5H3/b21-17+. The summed E-state index contributed by atoms with van der Waals surface area (Å²) in [6.45, 7) is 10.8. The van der Waals surface area contributed by atoms with Gasteiger partial charge in [-0.2, -0.15) is 0 Å². The average Bonchev–Trinajstić information content (AvgIpc) is 2.65. The maximum Gasteiger partial charge on any atom is 0.206 e. The Morgan fingerprint density at radius 2 is 1.50 bits per heavy atom. The average molecular weight is 413 g/mol. The molecule has 0 bridgehead atoms. The van der Waals surface area contributed by atoms with Crippen molar-refractivity contribution in [1.82, 2.24) is 0 Å². The van der Waals surface area contributed by atoms with E-state index in [4.69, 9.17) is 0 Å². The van der Waals surface area contributed by atoms with Crippen LogP contribution in [0.2, 0.25) is 18.1 Å². The van der Waals surface area contributed by atoms with Crippen LogP contribution in [0, 0.1) is 11.5 Å². The molecule has 0 aliphatic rings. The monoisotopic (exact) mass is 412 g/mol. The molecule has 148 valence electrons. The van der Waals surface area contributed by atoms with Gasteiger partial charge in [-0.05, 0) is 22.7 Å². The zero-order valence-electron chi connectivity index (χ0n) is 17.1. The lowest BCUT2D eigenvalue weighted by atomic mass is 10.1. The molecular formula is C23H28O3SSi. The van der Waals surface area contributed by atoms with Crippen molar-refractivity contribution in [3.63, 3.8) is 0 Å². The molecule has 0 saturated heterocycles. The van der Waals surface area contributed by atoms with E-state index >= 15 is 0 Å². The summed E-state index contributed by atoms with van der Waals surface area (Å²) in [5.41, 5.74) is 3.81. The van der Waals surface area contributed by atoms with Gasteiger partial charge in [0.15, 0.2) is 0 Å². The van der Waals surface area contributed by atoms with Gasteiger partial charge in [-0.1, -0.05) is 88.3 Å². The van der Waals surface area contributed by atoms with E-state index < -0.39 is 24.0 Å². The number of allylic oxidation sites excluding steroid dienone is 1. The highest BCUT2D eigenvalue weighted by atomic mass is 32.2. The van der Waals surface area contributed by atoms with Gasteiger partial charge < -0.3 is 5.11 Å². The van der Waals surface area contributed by atoms with Gasteiger partial charge in [0.05, 0.1) is 9.80 Å². The third-order valence-electron chi connectivity index (χ3n) is 5.22. The van der Waals surface area contributed by atoms with E-state index in [1.165, 1.54) is 18.2 Å². The molecule has 0 aromatic heterocycles. The molecule has 0 spiro atoms. The Bertz CT molecular complexity index is 991. The number of aliphatic hydroxyl groups excluding tert-OH is 1. The molecule has 0 saturated carbocycles. The Balaban J connectivity index is 2.58. The third kappa shape index (κ3) is 5.02. The summed E-state index contributed by atoms with van der Waals surface area (Å²) in [5.74, 6) is 2.97. The highest BCUT2D eigenvalue weighted by molar-refractivity contribution is 7.95. The van der Waals surface area contributed by atoms with Gasteiger partial charge in [-0.25, -0.2) is 8.42 Å². The smallest absolute Gasteiger partial charge is 0.206 e. The summed E-state index contributed by atoms with van der Waals surface area (Å²) in [6.07, 6.45) is 0.0978. The van der Waals surface area contributed by atoms with E-state index in [-0.39, 0.29) is 14.8 Å². The molecule has 2 aromatic rings. The Hall–Kier alpha value is -2.13. The molecule has 0 aliphatic heterocycles. The molecule has 0 radical (unpaired) electrons. The predicted octanol–water partition coefficient (Wildman–Crippen LogP) is 5.13. The zero-order valence-corrected chi connectivity index (χ0v) is 18.9. The lowest BCUT2D eigenvalue weighted by Gasteiger charge is -2.31. The topological polar surface area (TPSA) is 54.4 Å². The summed E-state index contributed by atoms with van der Waals surface area (Å²) >= 11 is 0. The third-order valence-corrected chi connectivity index (χ3v) is 11.6.